The highest BCUT2D eigenvalue weighted by Crippen LogP contribution is 2.28. The molecule has 0 unspecified atom stereocenters. The molecule has 3 rings (SSSR count). The molecule has 0 aliphatic rings. The molecule has 2 heterocycles. The Kier molecular flexibility index (Phi) is 5.40. The van der Waals surface area contributed by atoms with Gasteiger partial charge in [0.15, 0.2) is 0 Å². The summed E-state index contributed by atoms with van der Waals surface area (Å²) < 4.78 is 5.50. The number of hydrogen-bond donors (Lipinski definition) is 1. The van der Waals surface area contributed by atoms with E-state index in [0.29, 0.717) is 19.2 Å². The van der Waals surface area contributed by atoms with Gasteiger partial charge < -0.3 is 10.1 Å². The second-order valence-corrected chi connectivity index (χ2v) is 7.02. The lowest BCUT2D eigenvalue weighted by molar-refractivity contribution is 0.136. The lowest BCUT2D eigenvalue weighted by atomic mass is 10.1. The molecule has 1 N–H and O–H groups in total. The zero-order valence-corrected chi connectivity index (χ0v) is 15.8. The van der Waals surface area contributed by atoms with E-state index in [-0.39, 0.29) is 0 Å². The van der Waals surface area contributed by atoms with E-state index >= 15 is 0 Å². The van der Waals surface area contributed by atoms with Crippen LogP contribution < -0.4 is 5.32 Å². The van der Waals surface area contributed by atoms with Gasteiger partial charge in [-0.25, -0.2) is 15.0 Å². The fourth-order valence-electron chi connectivity index (χ4n) is 2.58. The third-order valence-electron chi connectivity index (χ3n) is 3.68. The van der Waals surface area contributed by atoms with Crippen molar-refractivity contribution in [3.8, 4) is 10.7 Å². The van der Waals surface area contributed by atoms with Gasteiger partial charge in [0.25, 0.3) is 0 Å². The summed E-state index contributed by atoms with van der Waals surface area (Å²) in [6, 6.07) is 8.18. The Hall–Kier alpha value is -2.31. The normalized spacial score (nSPS) is 10.9. The van der Waals surface area contributed by atoms with Crippen LogP contribution in [0.3, 0.4) is 0 Å². The highest BCUT2D eigenvalue weighted by molar-refractivity contribution is 7.15. The first-order valence-electron chi connectivity index (χ1n) is 8.28. The fourth-order valence-corrected chi connectivity index (χ4v) is 3.55. The van der Waals surface area contributed by atoms with Crippen molar-refractivity contribution in [2.45, 2.75) is 34.3 Å². The number of anilines is 2. The Morgan fingerprint density at radius 3 is 2.56 bits per heavy atom. The van der Waals surface area contributed by atoms with Crippen LogP contribution in [0.4, 0.5) is 11.6 Å². The fraction of sp³-hybridized carbons (Fsp3) is 0.316. The molecule has 0 saturated carbocycles. The molecular formula is C19H22N4OS. The maximum Gasteiger partial charge on any atom is 0.227 e. The van der Waals surface area contributed by atoms with E-state index in [2.05, 4.69) is 52.3 Å². The van der Waals surface area contributed by atoms with Crippen molar-refractivity contribution in [3.63, 3.8) is 0 Å². The standard InChI is InChI=1S/C19H22N4OS/c1-5-24-11-17-14(4)21-18(25-17)16-6-7-20-19(23-16)22-15-9-12(2)8-13(3)10-15/h6-10H,5,11H2,1-4H3,(H,20,22,23). The highest BCUT2D eigenvalue weighted by Gasteiger charge is 2.11. The molecule has 3 aromatic rings. The molecule has 0 fully saturated rings. The molecule has 2 aromatic heterocycles. The van der Waals surface area contributed by atoms with Crippen molar-refractivity contribution in [1.82, 2.24) is 15.0 Å². The second-order valence-electron chi connectivity index (χ2n) is 5.93. The molecule has 0 spiro atoms. The maximum absolute atomic E-state index is 5.50. The van der Waals surface area contributed by atoms with Crippen molar-refractivity contribution in [1.29, 1.82) is 0 Å². The molecule has 0 saturated heterocycles. The zero-order valence-electron chi connectivity index (χ0n) is 15.0. The Morgan fingerprint density at radius 1 is 1.08 bits per heavy atom. The predicted octanol–water partition coefficient (Wildman–Crippen LogP) is 4.81. The van der Waals surface area contributed by atoms with Crippen molar-refractivity contribution < 1.29 is 4.74 Å². The summed E-state index contributed by atoms with van der Waals surface area (Å²) in [5.41, 5.74) is 5.21. The minimum atomic E-state index is 0.571. The van der Waals surface area contributed by atoms with Gasteiger partial charge >= 0.3 is 0 Å². The first kappa shape index (κ1) is 17.5. The number of benzene rings is 1. The SMILES string of the molecule is CCOCc1sc(-c2ccnc(Nc3cc(C)cc(C)c3)n2)nc1C. The van der Waals surface area contributed by atoms with Crippen LogP contribution in [0.25, 0.3) is 10.7 Å². The van der Waals surface area contributed by atoms with Gasteiger partial charge in [-0.3, -0.25) is 0 Å². The number of aromatic nitrogens is 3. The van der Waals surface area contributed by atoms with Crippen LogP contribution in [0.2, 0.25) is 0 Å². The summed E-state index contributed by atoms with van der Waals surface area (Å²) in [5, 5.41) is 4.17. The molecule has 0 radical (unpaired) electrons. The number of hydrogen-bond acceptors (Lipinski definition) is 6. The molecule has 130 valence electrons. The van der Waals surface area contributed by atoms with Crippen LogP contribution in [0.1, 0.15) is 28.6 Å². The van der Waals surface area contributed by atoms with Crippen LogP contribution in [0.5, 0.6) is 0 Å². The van der Waals surface area contributed by atoms with Crippen LogP contribution in [0, 0.1) is 20.8 Å². The number of thiazole rings is 1. The summed E-state index contributed by atoms with van der Waals surface area (Å²) in [4.78, 5) is 14.7. The minimum absolute atomic E-state index is 0.571. The predicted molar refractivity (Wildman–Crippen MR) is 102 cm³/mol. The summed E-state index contributed by atoms with van der Waals surface area (Å²) >= 11 is 1.62. The van der Waals surface area contributed by atoms with Crippen molar-refractivity contribution in [2.24, 2.45) is 0 Å². The van der Waals surface area contributed by atoms with E-state index in [1.807, 2.05) is 19.9 Å². The minimum Gasteiger partial charge on any atom is -0.376 e. The van der Waals surface area contributed by atoms with E-state index in [4.69, 9.17) is 4.74 Å². The summed E-state index contributed by atoms with van der Waals surface area (Å²) in [6.07, 6.45) is 1.76. The number of rotatable bonds is 6. The van der Waals surface area contributed by atoms with E-state index in [1.165, 1.54) is 11.1 Å². The van der Waals surface area contributed by atoms with Crippen LogP contribution in [-0.4, -0.2) is 21.6 Å². The van der Waals surface area contributed by atoms with Crippen LogP contribution in [0.15, 0.2) is 30.5 Å². The monoisotopic (exact) mass is 354 g/mol. The third-order valence-corrected chi connectivity index (χ3v) is 4.84. The highest BCUT2D eigenvalue weighted by atomic mass is 32.1. The number of aryl methyl sites for hydroxylation is 3. The van der Waals surface area contributed by atoms with E-state index < -0.39 is 0 Å². The Labute approximate surface area is 152 Å². The third kappa shape index (κ3) is 4.41. The first-order chi connectivity index (χ1) is 12.0. The van der Waals surface area contributed by atoms with Gasteiger partial charge in [0, 0.05) is 18.5 Å². The molecule has 0 aliphatic carbocycles. The average Bonchev–Trinajstić information content (AvgIpc) is 2.93. The maximum atomic E-state index is 5.50. The Morgan fingerprint density at radius 2 is 1.84 bits per heavy atom. The number of ether oxygens (including phenoxy) is 1. The van der Waals surface area contributed by atoms with Gasteiger partial charge in [0.05, 0.1) is 17.2 Å². The van der Waals surface area contributed by atoms with Crippen molar-refractivity contribution >= 4 is 23.0 Å². The van der Waals surface area contributed by atoms with Gasteiger partial charge in [0.1, 0.15) is 10.7 Å². The molecule has 5 nitrogen and oxygen atoms in total. The van der Waals surface area contributed by atoms with Gasteiger partial charge in [-0.1, -0.05) is 6.07 Å². The van der Waals surface area contributed by atoms with Crippen molar-refractivity contribution in [2.75, 3.05) is 11.9 Å². The Balaban J connectivity index is 1.84. The van der Waals surface area contributed by atoms with E-state index in [1.54, 1.807) is 17.5 Å². The van der Waals surface area contributed by atoms with Crippen LogP contribution in [-0.2, 0) is 11.3 Å². The smallest absolute Gasteiger partial charge is 0.227 e. The zero-order chi connectivity index (χ0) is 17.8. The molecule has 0 aliphatic heterocycles. The molecule has 0 bridgehead atoms. The molecular weight excluding hydrogens is 332 g/mol. The lowest BCUT2D eigenvalue weighted by Crippen LogP contribution is -1.98. The molecule has 0 amide bonds. The van der Waals surface area contributed by atoms with Gasteiger partial charge in [0.2, 0.25) is 5.95 Å². The van der Waals surface area contributed by atoms with E-state index in [9.17, 15) is 0 Å². The Bertz CT molecular complexity index is 855. The van der Waals surface area contributed by atoms with Gasteiger partial charge in [-0.2, -0.15) is 0 Å². The topological polar surface area (TPSA) is 59.9 Å². The largest absolute Gasteiger partial charge is 0.376 e. The van der Waals surface area contributed by atoms with E-state index in [0.717, 1.165) is 27.0 Å². The lowest BCUT2D eigenvalue weighted by Gasteiger charge is -2.07. The summed E-state index contributed by atoms with van der Waals surface area (Å²) in [5.74, 6) is 0.571. The summed E-state index contributed by atoms with van der Waals surface area (Å²) in [6.45, 7) is 9.45. The number of nitrogens with one attached hydrogen (secondary N) is 1. The molecule has 1 aromatic carbocycles. The second kappa shape index (κ2) is 7.72. The molecule has 6 heteroatoms. The summed E-state index contributed by atoms with van der Waals surface area (Å²) in [7, 11) is 0. The molecule has 0 atom stereocenters. The van der Waals surface area contributed by atoms with Gasteiger partial charge in [-0.15, -0.1) is 11.3 Å². The van der Waals surface area contributed by atoms with Crippen LogP contribution >= 0.6 is 11.3 Å². The van der Waals surface area contributed by atoms with Crippen molar-refractivity contribution in [3.05, 3.63) is 52.2 Å². The quantitative estimate of drug-likeness (QED) is 0.688. The van der Waals surface area contributed by atoms with Gasteiger partial charge in [-0.05, 0) is 57.0 Å². The molecule has 25 heavy (non-hydrogen) atoms. The first-order valence-corrected chi connectivity index (χ1v) is 9.09. The average molecular weight is 354 g/mol. The number of nitrogens with zero attached hydrogens (tertiary/aromatic N) is 3.